The highest BCUT2D eigenvalue weighted by atomic mass is 32.2. The second-order valence-corrected chi connectivity index (χ2v) is 6.98. The maximum absolute atomic E-state index is 12.7. The first kappa shape index (κ1) is 15.7. The van der Waals surface area contributed by atoms with Crippen LogP contribution in [0.15, 0.2) is 23.1 Å². The Bertz CT molecular complexity index is 659. The molecule has 7 nitrogen and oxygen atoms in total. The molecular formula is C13H18N2O5S. The highest BCUT2D eigenvalue weighted by Gasteiger charge is 2.35. The SMILES string of the molecule is CC1CN(S(=O)(=O)c2ccc(C(=O)O)cc2N)C(C)CO1. The number of aromatic carboxylic acids is 1. The van der Waals surface area contributed by atoms with Gasteiger partial charge in [-0.15, -0.1) is 0 Å². The van der Waals surface area contributed by atoms with Crippen molar-refractivity contribution in [3.8, 4) is 0 Å². The molecule has 0 bridgehead atoms. The van der Waals surface area contributed by atoms with Gasteiger partial charge in [-0.25, -0.2) is 13.2 Å². The van der Waals surface area contributed by atoms with Crippen molar-refractivity contribution < 1.29 is 23.1 Å². The van der Waals surface area contributed by atoms with Gasteiger partial charge in [0.25, 0.3) is 0 Å². The van der Waals surface area contributed by atoms with Gasteiger partial charge in [0.15, 0.2) is 0 Å². The van der Waals surface area contributed by atoms with E-state index in [0.29, 0.717) is 6.61 Å². The molecule has 116 valence electrons. The Balaban J connectivity index is 2.41. The largest absolute Gasteiger partial charge is 0.478 e. The fourth-order valence-electron chi connectivity index (χ4n) is 2.25. The Kier molecular flexibility index (Phi) is 4.22. The van der Waals surface area contributed by atoms with E-state index in [1.54, 1.807) is 13.8 Å². The highest BCUT2D eigenvalue weighted by Crippen LogP contribution is 2.27. The third kappa shape index (κ3) is 3.02. The number of ether oxygens (including phenoxy) is 1. The van der Waals surface area contributed by atoms with Gasteiger partial charge in [-0.05, 0) is 32.0 Å². The monoisotopic (exact) mass is 314 g/mol. The Hall–Kier alpha value is -1.64. The van der Waals surface area contributed by atoms with E-state index in [9.17, 15) is 13.2 Å². The zero-order valence-corrected chi connectivity index (χ0v) is 12.6. The summed E-state index contributed by atoms with van der Waals surface area (Å²) in [6.07, 6.45) is -0.199. The van der Waals surface area contributed by atoms with E-state index in [1.165, 1.54) is 16.4 Å². The average molecular weight is 314 g/mol. The average Bonchev–Trinajstić information content (AvgIpc) is 2.40. The number of hydrogen-bond donors (Lipinski definition) is 2. The van der Waals surface area contributed by atoms with Crippen molar-refractivity contribution >= 4 is 21.7 Å². The van der Waals surface area contributed by atoms with Crippen LogP contribution in [0, 0.1) is 0 Å². The number of hydrogen-bond acceptors (Lipinski definition) is 5. The van der Waals surface area contributed by atoms with Crippen molar-refractivity contribution in [3.63, 3.8) is 0 Å². The van der Waals surface area contributed by atoms with Crippen LogP contribution in [0.4, 0.5) is 5.69 Å². The lowest BCUT2D eigenvalue weighted by Crippen LogP contribution is -2.50. The summed E-state index contributed by atoms with van der Waals surface area (Å²) in [5, 5.41) is 8.90. The van der Waals surface area contributed by atoms with Gasteiger partial charge >= 0.3 is 5.97 Å². The molecule has 2 unspecified atom stereocenters. The van der Waals surface area contributed by atoms with E-state index >= 15 is 0 Å². The Morgan fingerprint density at radius 1 is 1.43 bits per heavy atom. The standard InChI is InChI=1S/C13H18N2O5S/c1-8-7-20-9(2)6-15(8)21(18,19)12-4-3-10(13(16)17)5-11(12)14/h3-5,8-9H,6-7,14H2,1-2H3,(H,16,17). The maximum atomic E-state index is 12.7. The van der Waals surface area contributed by atoms with Crippen molar-refractivity contribution in [2.75, 3.05) is 18.9 Å². The number of carboxylic acid groups (broad SMARTS) is 1. The molecule has 1 saturated heterocycles. The van der Waals surface area contributed by atoms with Crippen molar-refractivity contribution in [3.05, 3.63) is 23.8 Å². The summed E-state index contributed by atoms with van der Waals surface area (Å²) in [6.45, 7) is 4.10. The predicted octanol–water partition coefficient (Wildman–Crippen LogP) is 0.765. The van der Waals surface area contributed by atoms with Crippen LogP contribution >= 0.6 is 0 Å². The lowest BCUT2D eigenvalue weighted by atomic mass is 10.2. The van der Waals surface area contributed by atoms with Gasteiger partial charge in [0, 0.05) is 12.6 Å². The van der Waals surface area contributed by atoms with Crippen LogP contribution < -0.4 is 5.73 Å². The topological polar surface area (TPSA) is 110 Å². The number of nitrogens with zero attached hydrogens (tertiary/aromatic N) is 1. The van der Waals surface area contributed by atoms with Crippen molar-refractivity contribution in [1.82, 2.24) is 4.31 Å². The van der Waals surface area contributed by atoms with Crippen LogP contribution in [0.1, 0.15) is 24.2 Å². The first-order valence-corrected chi connectivity index (χ1v) is 7.93. The maximum Gasteiger partial charge on any atom is 0.335 e. The van der Waals surface area contributed by atoms with Crippen molar-refractivity contribution in [1.29, 1.82) is 0 Å². The zero-order valence-electron chi connectivity index (χ0n) is 11.8. The lowest BCUT2D eigenvalue weighted by molar-refractivity contribution is -0.0170. The van der Waals surface area contributed by atoms with Gasteiger partial charge in [-0.2, -0.15) is 4.31 Å². The molecule has 0 aliphatic carbocycles. The Morgan fingerprint density at radius 2 is 2.10 bits per heavy atom. The molecule has 21 heavy (non-hydrogen) atoms. The molecule has 1 aliphatic heterocycles. The first-order valence-electron chi connectivity index (χ1n) is 6.49. The number of nitrogen functional groups attached to an aromatic ring is 1. The molecule has 0 amide bonds. The summed E-state index contributed by atoms with van der Waals surface area (Å²) < 4.78 is 32.1. The summed E-state index contributed by atoms with van der Waals surface area (Å²) in [4.78, 5) is 10.8. The van der Waals surface area contributed by atoms with Crippen LogP contribution in [0.25, 0.3) is 0 Å². The summed E-state index contributed by atoms with van der Waals surface area (Å²) >= 11 is 0. The molecule has 1 aromatic rings. The minimum Gasteiger partial charge on any atom is -0.478 e. The minimum absolute atomic E-state index is 0.0464. The Labute approximate surface area is 123 Å². The van der Waals surface area contributed by atoms with E-state index in [2.05, 4.69) is 0 Å². The summed E-state index contributed by atoms with van der Waals surface area (Å²) in [7, 11) is -3.78. The molecule has 1 fully saturated rings. The van der Waals surface area contributed by atoms with E-state index < -0.39 is 16.0 Å². The van der Waals surface area contributed by atoms with E-state index in [4.69, 9.17) is 15.6 Å². The van der Waals surface area contributed by atoms with E-state index in [1.807, 2.05) is 0 Å². The molecular weight excluding hydrogens is 296 g/mol. The fraction of sp³-hybridized carbons (Fsp3) is 0.462. The summed E-state index contributed by atoms with van der Waals surface area (Å²) in [5.41, 5.74) is 5.62. The number of sulfonamides is 1. The van der Waals surface area contributed by atoms with Gasteiger partial charge in [0.2, 0.25) is 10.0 Å². The molecule has 0 aromatic heterocycles. The minimum atomic E-state index is -3.78. The third-order valence-electron chi connectivity index (χ3n) is 3.39. The number of anilines is 1. The molecule has 8 heteroatoms. The van der Waals surface area contributed by atoms with Crippen molar-refractivity contribution in [2.24, 2.45) is 0 Å². The molecule has 3 N–H and O–H groups in total. The molecule has 0 saturated carbocycles. The highest BCUT2D eigenvalue weighted by molar-refractivity contribution is 7.89. The lowest BCUT2D eigenvalue weighted by Gasteiger charge is -2.35. The number of carbonyl (C=O) groups is 1. The van der Waals surface area contributed by atoms with Crippen LogP contribution in [-0.4, -0.2) is 49.1 Å². The zero-order chi connectivity index (χ0) is 15.8. The Morgan fingerprint density at radius 3 is 2.67 bits per heavy atom. The van der Waals surface area contributed by atoms with E-state index in [0.717, 1.165) is 6.07 Å². The van der Waals surface area contributed by atoms with Gasteiger partial charge < -0.3 is 15.6 Å². The smallest absolute Gasteiger partial charge is 0.335 e. The second kappa shape index (κ2) is 5.63. The number of carboxylic acids is 1. The normalized spacial score (nSPS) is 23.9. The van der Waals surface area contributed by atoms with Crippen LogP contribution in [0.2, 0.25) is 0 Å². The first-order chi connectivity index (χ1) is 9.73. The molecule has 1 aliphatic rings. The summed E-state index contributed by atoms with van der Waals surface area (Å²) in [5.74, 6) is -1.15. The van der Waals surface area contributed by atoms with Gasteiger partial charge in [-0.1, -0.05) is 0 Å². The quantitative estimate of drug-likeness (QED) is 0.797. The molecule has 1 heterocycles. The van der Waals surface area contributed by atoms with Crippen LogP contribution in [0.3, 0.4) is 0 Å². The molecule has 1 aromatic carbocycles. The predicted molar refractivity (Wildman–Crippen MR) is 76.6 cm³/mol. The third-order valence-corrected chi connectivity index (χ3v) is 5.45. The van der Waals surface area contributed by atoms with E-state index in [-0.39, 0.29) is 34.8 Å². The molecule has 0 radical (unpaired) electrons. The molecule has 2 atom stereocenters. The van der Waals surface area contributed by atoms with Crippen molar-refractivity contribution in [2.45, 2.75) is 30.9 Å². The van der Waals surface area contributed by atoms with Gasteiger partial charge in [-0.3, -0.25) is 0 Å². The molecule has 0 spiro atoms. The van der Waals surface area contributed by atoms with Crippen LogP contribution in [0.5, 0.6) is 0 Å². The van der Waals surface area contributed by atoms with Gasteiger partial charge in [0.1, 0.15) is 4.90 Å². The fourth-order valence-corrected chi connectivity index (χ4v) is 4.04. The number of benzene rings is 1. The summed E-state index contributed by atoms with van der Waals surface area (Å²) in [6, 6.07) is 3.33. The van der Waals surface area contributed by atoms with Crippen LogP contribution in [-0.2, 0) is 14.8 Å². The molecule has 2 rings (SSSR count). The number of morpholine rings is 1. The number of rotatable bonds is 3. The number of nitrogens with two attached hydrogens (primary N) is 1. The second-order valence-electron chi connectivity index (χ2n) is 5.13. The van der Waals surface area contributed by atoms with Gasteiger partial charge in [0.05, 0.1) is 24.0 Å².